The van der Waals surface area contributed by atoms with Crippen LogP contribution < -0.4 is 15.8 Å². The highest BCUT2D eigenvalue weighted by Gasteiger charge is 2.37. The van der Waals surface area contributed by atoms with Crippen molar-refractivity contribution in [3.05, 3.63) is 23.8 Å². The summed E-state index contributed by atoms with van der Waals surface area (Å²) in [5, 5.41) is 2.72. The van der Waals surface area contributed by atoms with Crippen LogP contribution >= 0.6 is 0 Å². The Hall–Kier alpha value is -1.75. The van der Waals surface area contributed by atoms with Crippen molar-refractivity contribution in [1.29, 1.82) is 0 Å². The molecule has 0 heterocycles. The van der Waals surface area contributed by atoms with Crippen molar-refractivity contribution in [2.75, 3.05) is 19.0 Å². The van der Waals surface area contributed by atoms with E-state index in [1.807, 2.05) is 39.0 Å². The summed E-state index contributed by atoms with van der Waals surface area (Å²) in [7, 11) is 1.59. The smallest absolute Gasteiger partial charge is 0.412 e. The Balaban J connectivity index is 2.08. The van der Waals surface area contributed by atoms with E-state index in [1.165, 1.54) is 5.56 Å². The number of hydrogen-bond acceptors (Lipinski definition) is 4. The zero-order chi connectivity index (χ0) is 15.6. The van der Waals surface area contributed by atoms with E-state index < -0.39 is 11.7 Å². The molecule has 3 N–H and O–H groups in total. The average Bonchev–Trinajstić information content (AvgIpc) is 3.16. The van der Waals surface area contributed by atoms with E-state index in [4.69, 9.17) is 15.2 Å². The molecule has 0 radical (unpaired) electrons. The molecule has 1 aromatic carbocycles. The molecular formula is C16H24N2O3. The number of benzene rings is 1. The Morgan fingerprint density at radius 1 is 1.43 bits per heavy atom. The van der Waals surface area contributed by atoms with E-state index in [0.29, 0.717) is 29.8 Å². The predicted octanol–water partition coefficient (Wildman–Crippen LogP) is 3.10. The van der Waals surface area contributed by atoms with E-state index in [-0.39, 0.29) is 0 Å². The molecule has 21 heavy (non-hydrogen) atoms. The third-order valence-electron chi connectivity index (χ3n) is 3.51. The van der Waals surface area contributed by atoms with Gasteiger partial charge < -0.3 is 15.2 Å². The maximum atomic E-state index is 11.8. The molecule has 1 aliphatic carbocycles. The second-order valence-corrected chi connectivity index (χ2v) is 6.42. The number of anilines is 1. The highest BCUT2D eigenvalue weighted by molar-refractivity contribution is 5.87. The molecule has 1 aromatic rings. The van der Waals surface area contributed by atoms with Gasteiger partial charge in [0.25, 0.3) is 0 Å². The van der Waals surface area contributed by atoms with Gasteiger partial charge in [0.1, 0.15) is 11.4 Å². The highest BCUT2D eigenvalue weighted by Crippen LogP contribution is 2.48. The Morgan fingerprint density at radius 2 is 2.14 bits per heavy atom. The van der Waals surface area contributed by atoms with Gasteiger partial charge in [0.15, 0.2) is 0 Å². The molecule has 0 aliphatic heterocycles. The lowest BCUT2D eigenvalue weighted by atomic mass is 10.1. The maximum Gasteiger partial charge on any atom is 0.412 e. The van der Waals surface area contributed by atoms with Crippen LogP contribution in [0, 0.1) is 5.92 Å². The van der Waals surface area contributed by atoms with Crippen LogP contribution in [0.1, 0.15) is 38.7 Å². The van der Waals surface area contributed by atoms with E-state index in [0.717, 1.165) is 6.42 Å². The molecule has 0 saturated heterocycles. The molecular weight excluding hydrogens is 268 g/mol. The summed E-state index contributed by atoms with van der Waals surface area (Å²) in [6.45, 7) is 6.19. The Bertz CT molecular complexity index is 523. The van der Waals surface area contributed by atoms with Gasteiger partial charge in [-0.3, -0.25) is 5.32 Å². The number of nitrogens with one attached hydrogen (secondary N) is 1. The van der Waals surface area contributed by atoms with Crippen LogP contribution in [0.3, 0.4) is 0 Å². The van der Waals surface area contributed by atoms with Gasteiger partial charge in [-0.15, -0.1) is 0 Å². The molecule has 0 spiro atoms. The number of ether oxygens (including phenoxy) is 2. The minimum absolute atomic E-state index is 0.486. The van der Waals surface area contributed by atoms with Crippen molar-refractivity contribution < 1.29 is 14.3 Å². The lowest BCUT2D eigenvalue weighted by molar-refractivity contribution is 0.0635. The topological polar surface area (TPSA) is 73.6 Å². The lowest BCUT2D eigenvalue weighted by Gasteiger charge is -2.20. The van der Waals surface area contributed by atoms with E-state index in [2.05, 4.69) is 5.32 Å². The molecule has 2 atom stereocenters. The first-order valence-corrected chi connectivity index (χ1v) is 7.22. The third-order valence-corrected chi connectivity index (χ3v) is 3.51. The standard InChI is InChI=1S/C16H24N2O3/c1-16(2,3)21-15(19)18-13-6-5-10(8-14(13)20-4)12-7-11(12)9-17/h5-6,8,11-12H,7,9,17H2,1-4H3,(H,18,19). The Labute approximate surface area is 125 Å². The molecule has 116 valence electrons. The molecule has 1 fully saturated rings. The van der Waals surface area contributed by atoms with Gasteiger partial charge in [0.2, 0.25) is 0 Å². The minimum Gasteiger partial charge on any atom is -0.495 e. The normalized spacial score (nSPS) is 20.8. The van der Waals surface area contributed by atoms with E-state index in [9.17, 15) is 4.79 Å². The molecule has 1 saturated carbocycles. The number of rotatable bonds is 4. The van der Waals surface area contributed by atoms with Gasteiger partial charge in [0, 0.05) is 0 Å². The summed E-state index contributed by atoms with van der Waals surface area (Å²) in [6, 6.07) is 5.83. The molecule has 1 amide bonds. The lowest BCUT2D eigenvalue weighted by Crippen LogP contribution is -2.27. The second kappa shape index (κ2) is 5.93. The fraction of sp³-hybridized carbons (Fsp3) is 0.562. The number of methoxy groups -OCH3 is 1. The zero-order valence-electron chi connectivity index (χ0n) is 13.1. The van der Waals surface area contributed by atoms with Crippen LogP contribution in [0.5, 0.6) is 5.75 Å². The number of nitrogens with two attached hydrogens (primary N) is 1. The van der Waals surface area contributed by atoms with Crippen molar-refractivity contribution in [3.8, 4) is 5.75 Å². The summed E-state index contributed by atoms with van der Waals surface area (Å²) in [4.78, 5) is 11.8. The number of amides is 1. The fourth-order valence-electron chi connectivity index (χ4n) is 2.37. The molecule has 5 heteroatoms. The van der Waals surface area contributed by atoms with E-state index >= 15 is 0 Å². The summed E-state index contributed by atoms with van der Waals surface area (Å²) in [5.74, 6) is 1.72. The van der Waals surface area contributed by atoms with Gasteiger partial charge in [-0.1, -0.05) is 6.07 Å². The minimum atomic E-state index is -0.528. The summed E-state index contributed by atoms with van der Waals surface area (Å²) in [6.07, 6.45) is 0.637. The van der Waals surface area contributed by atoms with Gasteiger partial charge >= 0.3 is 6.09 Å². The predicted molar refractivity (Wildman–Crippen MR) is 82.8 cm³/mol. The van der Waals surface area contributed by atoms with Gasteiger partial charge in [-0.05, 0) is 63.3 Å². The second-order valence-electron chi connectivity index (χ2n) is 6.42. The number of carbonyl (C=O) groups excluding carboxylic acids is 1. The molecule has 2 rings (SSSR count). The molecule has 5 nitrogen and oxygen atoms in total. The summed E-state index contributed by atoms with van der Waals surface area (Å²) in [5.41, 5.74) is 6.97. The monoisotopic (exact) mass is 292 g/mol. The average molecular weight is 292 g/mol. The van der Waals surface area contributed by atoms with Crippen molar-refractivity contribution >= 4 is 11.8 Å². The third kappa shape index (κ3) is 4.11. The van der Waals surface area contributed by atoms with Crippen LogP contribution in [0.15, 0.2) is 18.2 Å². The van der Waals surface area contributed by atoms with Gasteiger partial charge in [-0.25, -0.2) is 4.79 Å². The van der Waals surface area contributed by atoms with Gasteiger partial charge in [-0.2, -0.15) is 0 Å². The zero-order valence-corrected chi connectivity index (χ0v) is 13.1. The molecule has 0 bridgehead atoms. The molecule has 1 aliphatic rings. The molecule has 2 unspecified atom stereocenters. The van der Waals surface area contributed by atoms with Crippen molar-refractivity contribution in [2.45, 2.75) is 38.7 Å². The largest absolute Gasteiger partial charge is 0.495 e. The van der Waals surface area contributed by atoms with Crippen LogP contribution in [0.25, 0.3) is 0 Å². The first-order chi connectivity index (χ1) is 9.84. The Morgan fingerprint density at radius 3 is 2.67 bits per heavy atom. The van der Waals surface area contributed by atoms with Crippen molar-refractivity contribution in [1.82, 2.24) is 0 Å². The van der Waals surface area contributed by atoms with Crippen LogP contribution in [-0.4, -0.2) is 25.3 Å². The summed E-state index contributed by atoms with van der Waals surface area (Å²) < 4.78 is 10.6. The Kier molecular flexibility index (Phi) is 4.42. The first kappa shape index (κ1) is 15.6. The van der Waals surface area contributed by atoms with Crippen LogP contribution in [0.2, 0.25) is 0 Å². The summed E-state index contributed by atoms with van der Waals surface area (Å²) >= 11 is 0. The highest BCUT2D eigenvalue weighted by atomic mass is 16.6. The SMILES string of the molecule is COc1cc(C2CC2CN)ccc1NC(=O)OC(C)(C)C. The van der Waals surface area contributed by atoms with E-state index in [1.54, 1.807) is 7.11 Å². The van der Waals surface area contributed by atoms with Crippen LogP contribution in [0.4, 0.5) is 10.5 Å². The van der Waals surface area contributed by atoms with Gasteiger partial charge in [0.05, 0.1) is 12.8 Å². The number of hydrogen-bond donors (Lipinski definition) is 2. The fourth-order valence-corrected chi connectivity index (χ4v) is 2.37. The quantitative estimate of drug-likeness (QED) is 0.894. The van der Waals surface area contributed by atoms with Crippen molar-refractivity contribution in [3.63, 3.8) is 0 Å². The van der Waals surface area contributed by atoms with Crippen LogP contribution in [-0.2, 0) is 4.74 Å². The first-order valence-electron chi connectivity index (χ1n) is 7.22. The van der Waals surface area contributed by atoms with Crippen molar-refractivity contribution in [2.24, 2.45) is 11.7 Å². The number of carbonyl (C=O) groups is 1. The molecule has 0 aromatic heterocycles. The maximum absolute atomic E-state index is 11.8.